The molecule has 0 spiro atoms. The van der Waals surface area contributed by atoms with Gasteiger partial charge in [0.25, 0.3) is 0 Å². The molecule has 2 fully saturated rings. The predicted octanol–water partition coefficient (Wildman–Crippen LogP) is 5.16. The van der Waals surface area contributed by atoms with E-state index in [2.05, 4.69) is 61.4 Å². The Kier molecular flexibility index (Phi) is 5.51. The van der Waals surface area contributed by atoms with Gasteiger partial charge in [-0.3, -0.25) is 9.59 Å². The number of amides is 1. The predicted molar refractivity (Wildman–Crippen MR) is 136 cm³/mol. The molecule has 1 aromatic carbocycles. The summed E-state index contributed by atoms with van der Waals surface area (Å²) >= 11 is 0. The number of hydrogen-bond acceptors (Lipinski definition) is 3. The minimum Gasteiger partial charge on any atom is -0.378 e. The lowest BCUT2D eigenvalue weighted by Gasteiger charge is -2.55. The van der Waals surface area contributed by atoms with Crippen LogP contribution in [0.25, 0.3) is 0 Å². The number of nitrogens with one attached hydrogen (secondary N) is 1. The largest absolute Gasteiger partial charge is 0.378 e. The molecular formula is C30H36N2O2. The molecule has 178 valence electrons. The Balaban J connectivity index is 1.67. The molecule has 0 unspecified atom stereocenters. The number of benzene rings is 1. The molecule has 5 atom stereocenters. The van der Waals surface area contributed by atoms with E-state index in [1.54, 1.807) is 12.5 Å². The van der Waals surface area contributed by atoms with Crippen LogP contribution in [-0.2, 0) is 9.59 Å². The molecule has 2 saturated carbocycles. The summed E-state index contributed by atoms with van der Waals surface area (Å²) in [6.07, 6.45) is 14.4. The van der Waals surface area contributed by atoms with Crippen LogP contribution in [-0.4, -0.2) is 31.3 Å². The maximum absolute atomic E-state index is 12.3. The summed E-state index contributed by atoms with van der Waals surface area (Å²) in [5.41, 5.74) is 5.97. The minimum absolute atomic E-state index is 0.0458. The highest BCUT2D eigenvalue weighted by molar-refractivity contribution is 5.93. The summed E-state index contributed by atoms with van der Waals surface area (Å²) in [6, 6.07) is 8.94. The SMILES string of the molecule is C#C[C@]1(NC(C)=O)CC[C@H]2[C@@H]3CCC4=CC(=O)CCC4=C3[C@@H](c3ccc(N(C)C)cc3)C[C@@]21C. The first-order valence-electron chi connectivity index (χ1n) is 12.7. The third-order valence-electron chi connectivity index (χ3n) is 9.38. The van der Waals surface area contributed by atoms with Gasteiger partial charge >= 0.3 is 0 Å². The van der Waals surface area contributed by atoms with Crippen LogP contribution in [0.15, 0.2) is 47.1 Å². The van der Waals surface area contributed by atoms with E-state index in [-0.39, 0.29) is 23.0 Å². The Morgan fingerprint density at radius 3 is 2.53 bits per heavy atom. The molecule has 4 aliphatic rings. The average molecular weight is 457 g/mol. The number of hydrogen-bond donors (Lipinski definition) is 1. The van der Waals surface area contributed by atoms with Crippen LogP contribution in [0.4, 0.5) is 5.69 Å². The first kappa shape index (κ1) is 23.0. The van der Waals surface area contributed by atoms with Crippen molar-refractivity contribution in [2.24, 2.45) is 17.3 Å². The number of allylic oxidation sites excluding steroid dienone is 4. The van der Waals surface area contributed by atoms with Crippen LogP contribution in [0, 0.1) is 29.6 Å². The zero-order valence-electron chi connectivity index (χ0n) is 20.9. The molecule has 5 rings (SSSR count). The molecule has 0 aromatic heterocycles. The van der Waals surface area contributed by atoms with Crippen molar-refractivity contribution in [3.8, 4) is 12.3 Å². The maximum atomic E-state index is 12.3. The van der Waals surface area contributed by atoms with Gasteiger partial charge in [0, 0.05) is 44.5 Å². The van der Waals surface area contributed by atoms with Crippen molar-refractivity contribution in [2.45, 2.75) is 70.3 Å². The topological polar surface area (TPSA) is 49.4 Å². The summed E-state index contributed by atoms with van der Waals surface area (Å²) in [7, 11) is 4.12. The van der Waals surface area contributed by atoms with Crippen molar-refractivity contribution in [1.29, 1.82) is 0 Å². The molecule has 0 heterocycles. The van der Waals surface area contributed by atoms with E-state index in [1.165, 1.54) is 22.4 Å². The quantitative estimate of drug-likeness (QED) is 0.639. The second-order valence-electron chi connectivity index (χ2n) is 11.3. The van der Waals surface area contributed by atoms with E-state index in [1.807, 2.05) is 6.08 Å². The molecular weight excluding hydrogens is 420 g/mol. The first-order valence-corrected chi connectivity index (χ1v) is 12.7. The van der Waals surface area contributed by atoms with Gasteiger partial charge in [0.05, 0.1) is 0 Å². The number of nitrogens with zero attached hydrogens (tertiary/aromatic N) is 1. The molecule has 4 nitrogen and oxygen atoms in total. The van der Waals surface area contributed by atoms with Gasteiger partial charge in [-0.25, -0.2) is 0 Å². The Morgan fingerprint density at radius 2 is 1.88 bits per heavy atom. The Labute approximate surface area is 203 Å². The van der Waals surface area contributed by atoms with Crippen molar-refractivity contribution in [2.75, 3.05) is 19.0 Å². The van der Waals surface area contributed by atoms with Crippen molar-refractivity contribution in [1.82, 2.24) is 5.32 Å². The van der Waals surface area contributed by atoms with Gasteiger partial charge in [-0.15, -0.1) is 6.42 Å². The minimum atomic E-state index is -0.611. The lowest BCUT2D eigenvalue weighted by Crippen LogP contribution is -2.59. The highest BCUT2D eigenvalue weighted by Crippen LogP contribution is 2.66. The van der Waals surface area contributed by atoms with E-state index in [9.17, 15) is 9.59 Å². The normalized spacial score (nSPS) is 34.4. The van der Waals surface area contributed by atoms with E-state index in [0.717, 1.165) is 38.5 Å². The number of carbonyl (C=O) groups is 2. The fourth-order valence-electron chi connectivity index (χ4n) is 7.77. The van der Waals surface area contributed by atoms with Crippen molar-refractivity contribution in [3.63, 3.8) is 0 Å². The van der Waals surface area contributed by atoms with E-state index in [0.29, 0.717) is 18.3 Å². The van der Waals surface area contributed by atoms with Gasteiger partial charge in [-0.05, 0) is 85.3 Å². The summed E-state index contributed by atoms with van der Waals surface area (Å²) in [6.45, 7) is 3.92. The zero-order valence-corrected chi connectivity index (χ0v) is 20.9. The van der Waals surface area contributed by atoms with Gasteiger partial charge in [0.1, 0.15) is 5.54 Å². The number of ketones is 1. The van der Waals surface area contributed by atoms with Gasteiger partial charge in [-0.1, -0.05) is 30.6 Å². The summed E-state index contributed by atoms with van der Waals surface area (Å²) in [5, 5.41) is 3.24. The summed E-state index contributed by atoms with van der Waals surface area (Å²) < 4.78 is 0. The van der Waals surface area contributed by atoms with Gasteiger partial charge in [0.2, 0.25) is 5.91 Å². The van der Waals surface area contributed by atoms with Crippen LogP contribution >= 0.6 is 0 Å². The molecule has 0 radical (unpaired) electrons. The van der Waals surface area contributed by atoms with Crippen LogP contribution in [0.1, 0.15) is 70.3 Å². The second-order valence-corrected chi connectivity index (χ2v) is 11.3. The number of carbonyl (C=O) groups excluding carboxylic acids is 2. The number of anilines is 1. The van der Waals surface area contributed by atoms with Crippen molar-refractivity contribution < 1.29 is 9.59 Å². The molecule has 0 aliphatic heterocycles. The highest BCUT2D eigenvalue weighted by Gasteiger charge is 2.63. The molecule has 0 bridgehead atoms. The number of rotatable bonds is 3. The smallest absolute Gasteiger partial charge is 0.218 e. The molecule has 4 heteroatoms. The van der Waals surface area contributed by atoms with Gasteiger partial charge in [0.15, 0.2) is 5.78 Å². The molecule has 1 amide bonds. The van der Waals surface area contributed by atoms with Crippen LogP contribution in [0.5, 0.6) is 0 Å². The van der Waals surface area contributed by atoms with Crippen LogP contribution in [0.2, 0.25) is 0 Å². The van der Waals surface area contributed by atoms with Crippen molar-refractivity contribution >= 4 is 17.4 Å². The second kappa shape index (κ2) is 8.15. The third-order valence-corrected chi connectivity index (χ3v) is 9.38. The molecule has 34 heavy (non-hydrogen) atoms. The molecule has 0 saturated heterocycles. The Morgan fingerprint density at radius 1 is 1.15 bits per heavy atom. The molecule has 4 aliphatic carbocycles. The summed E-state index contributed by atoms with van der Waals surface area (Å²) in [5.74, 6) is 4.44. The van der Waals surface area contributed by atoms with Gasteiger partial charge < -0.3 is 10.2 Å². The maximum Gasteiger partial charge on any atom is 0.218 e. The van der Waals surface area contributed by atoms with Crippen LogP contribution in [0.3, 0.4) is 0 Å². The van der Waals surface area contributed by atoms with Gasteiger partial charge in [-0.2, -0.15) is 0 Å². The zero-order chi connectivity index (χ0) is 24.3. The van der Waals surface area contributed by atoms with E-state index >= 15 is 0 Å². The third kappa shape index (κ3) is 3.35. The van der Waals surface area contributed by atoms with E-state index in [4.69, 9.17) is 6.42 Å². The number of terminal acetylenes is 1. The van der Waals surface area contributed by atoms with E-state index < -0.39 is 5.54 Å². The Hall–Kier alpha value is -2.80. The lowest BCUT2D eigenvalue weighted by molar-refractivity contribution is -0.122. The van der Waals surface area contributed by atoms with Crippen LogP contribution < -0.4 is 10.2 Å². The summed E-state index contributed by atoms with van der Waals surface area (Å²) in [4.78, 5) is 26.6. The molecule has 1 N–H and O–H groups in total. The molecule has 1 aromatic rings. The Bertz CT molecular complexity index is 1140. The fraction of sp³-hybridized carbons (Fsp3) is 0.533. The standard InChI is InChI=1S/C30H36N2O2/c1-6-30(31-19(2)33)16-15-27-25-13-9-21-17-23(34)12-14-24(21)28(25)26(18-29(27,30)3)20-7-10-22(11-8-20)32(4)5/h1,7-8,10-11,17,25-27H,9,12-16,18H2,2-5H3,(H,31,33)/t25-,26+,27-,29-,30-/m0/s1. The lowest BCUT2D eigenvalue weighted by atomic mass is 9.50. The monoisotopic (exact) mass is 456 g/mol. The van der Waals surface area contributed by atoms with Crippen molar-refractivity contribution in [3.05, 3.63) is 52.6 Å². The number of fused-ring (bicyclic) bond motifs is 4. The first-order chi connectivity index (χ1) is 16.2. The highest BCUT2D eigenvalue weighted by atomic mass is 16.1. The average Bonchev–Trinajstić information content (AvgIpc) is 3.09. The fourth-order valence-corrected chi connectivity index (χ4v) is 7.77.